The fraction of sp³-hybridized carbons (Fsp3) is 0.250. The Bertz CT molecular complexity index is 820. The van der Waals surface area contributed by atoms with E-state index in [4.69, 9.17) is 11.6 Å². The van der Waals surface area contributed by atoms with Crippen LogP contribution in [0.3, 0.4) is 0 Å². The number of hydrogen-bond acceptors (Lipinski definition) is 4. The van der Waals surface area contributed by atoms with Crippen molar-refractivity contribution in [3.63, 3.8) is 0 Å². The van der Waals surface area contributed by atoms with Crippen LogP contribution in [0.15, 0.2) is 23.0 Å². The Morgan fingerprint density at radius 3 is 2.95 bits per heavy atom. The summed E-state index contributed by atoms with van der Waals surface area (Å²) in [4.78, 5) is 16.4. The van der Waals surface area contributed by atoms with Gasteiger partial charge in [-0.3, -0.25) is 0 Å². The van der Waals surface area contributed by atoms with Crippen LogP contribution in [-0.2, 0) is 0 Å². The van der Waals surface area contributed by atoms with E-state index >= 15 is 0 Å². The summed E-state index contributed by atoms with van der Waals surface area (Å²) in [5.41, 5.74) is 1.48. The summed E-state index contributed by atoms with van der Waals surface area (Å²) in [6.07, 6.45) is 0. The second-order valence-electron chi connectivity index (χ2n) is 4.58. The molecule has 2 heterocycles. The minimum atomic E-state index is -0.309. The van der Waals surface area contributed by atoms with E-state index in [2.05, 4.69) is 20.5 Å². The molecule has 7 heteroatoms. The van der Waals surface area contributed by atoms with Crippen LogP contribution in [0.2, 0.25) is 5.02 Å². The smallest absolute Gasteiger partial charge is 0.348 e. The molecule has 2 N–H and O–H groups in total. The highest BCUT2D eigenvalue weighted by atomic mass is 35.5. The number of fused-ring (bicyclic) bond motifs is 3. The highest BCUT2D eigenvalue weighted by Gasteiger charge is 2.13. The van der Waals surface area contributed by atoms with E-state index in [1.807, 2.05) is 13.8 Å². The summed E-state index contributed by atoms with van der Waals surface area (Å²) >= 11 is 5.97. The molecule has 0 aliphatic carbocycles. The number of nitrogens with one attached hydrogen (secondary N) is 2. The Balaban J connectivity index is 2.45. The molecule has 0 saturated carbocycles. The summed E-state index contributed by atoms with van der Waals surface area (Å²) in [5.74, 6) is 0.572. The van der Waals surface area contributed by atoms with E-state index in [1.165, 1.54) is 4.40 Å². The molecule has 3 rings (SSSR count). The van der Waals surface area contributed by atoms with Gasteiger partial charge < -0.3 is 5.32 Å². The van der Waals surface area contributed by atoms with Gasteiger partial charge >= 0.3 is 5.69 Å². The number of halogens is 1. The Hall–Kier alpha value is -2.08. The lowest BCUT2D eigenvalue weighted by Crippen LogP contribution is -2.15. The van der Waals surface area contributed by atoms with Crippen molar-refractivity contribution in [2.75, 3.05) is 5.32 Å². The van der Waals surface area contributed by atoms with Crippen molar-refractivity contribution in [2.45, 2.75) is 19.9 Å². The van der Waals surface area contributed by atoms with Crippen molar-refractivity contribution >= 4 is 34.1 Å². The van der Waals surface area contributed by atoms with E-state index in [0.29, 0.717) is 27.5 Å². The number of H-pyrrole nitrogens is 1. The van der Waals surface area contributed by atoms with Crippen molar-refractivity contribution in [2.24, 2.45) is 0 Å². The summed E-state index contributed by atoms with van der Waals surface area (Å²) in [5, 5.41) is 10.2. The highest BCUT2D eigenvalue weighted by Crippen LogP contribution is 2.22. The number of nitrogens with zero attached hydrogens (tertiary/aromatic N) is 3. The first kappa shape index (κ1) is 12.0. The van der Waals surface area contributed by atoms with E-state index < -0.39 is 0 Å². The Kier molecular flexibility index (Phi) is 2.67. The molecule has 3 aromatic rings. The van der Waals surface area contributed by atoms with Gasteiger partial charge in [0.25, 0.3) is 0 Å². The van der Waals surface area contributed by atoms with Gasteiger partial charge in [0, 0.05) is 11.1 Å². The molecule has 0 unspecified atom stereocenters. The molecular formula is C12H12ClN5O. The van der Waals surface area contributed by atoms with E-state index in [1.54, 1.807) is 18.2 Å². The number of aromatic amines is 1. The zero-order chi connectivity index (χ0) is 13.6. The van der Waals surface area contributed by atoms with Crippen molar-refractivity contribution in [3.8, 4) is 0 Å². The third kappa shape index (κ3) is 1.94. The van der Waals surface area contributed by atoms with Crippen molar-refractivity contribution in [3.05, 3.63) is 33.7 Å². The number of hydrogen-bond donors (Lipinski definition) is 2. The number of benzene rings is 1. The molecule has 0 bridgehead atoms. The van der Waals surface area contributed by atoms with Crippen molar-refractivity contribution in [1.29, 1.82) is 0 Å². The first-order chi connectivity index (χ1) is 9.06. The molecule has 0 aliphatic rings. The molecule has 6 nitrogen and oxygen atoms in total. The molecule has 98 valence electrons. The lowest BCUT2D eigenvalue weighted by Gasteiger charge is -2.11. The molecule has 0 spiro atoms. The van der Waals surface area contributed by atoms with Crippen LogP contribution in [-0.4, -0.2) is 25.6 Å². The molecule has 19 heavy (non-hydrogen) atoms. The van der Waals surface area contributed by atoms with Crippen LogP contribution in [0.25, 0.3) is 16.7 Å². The molecule has 1 aromatic carbocycles. The molecule has 0 amide bonds. The second-order valence-corrected chi connectivity index (χ2v) is 5.02. The average molecular weight is 278 g/mol. The van der Waals surface area contributed by atoms with Gasteiger partial charge in [0.05, 0.1) is 11.0 Å². The summed E-state index contributed by atoms with van der Waals surface area (Å²) in [6, 6.07) is 5.41. The lowest BCUT2D eigenvalue weighted by atomic mass is 10.3. The van der Waals surface area contributed by atoms with Crippen molar-refractivity contribution in [1.82, 2.24) is 19.6 Å². The second kappa shape index (κ2) is 4.24. The summed E-state index contributed by atoms with van der Waals surface area (Å²) < 4.78 is 1.47. The molecule has 0 fully saturated rings. The quantitative estimate of drug-likeness (QED) is 0.752. The third-order valence-corrected chi connectivity index (χ3v) is 2.96. The maximum Gasteiger partial charge on any atom is 0.348 e. The predicted octanol–water partition coefficient (Wildman–Crippen LogP) is 2.04. The first-order valence-corrected chi connectivity index (χ1v) is 6.27. The van der Waals surface area contributed by atoms with Crippen LogP contribution in [0, 0.1) is 0 Å². The van der Waals surface area contributed by atoms with Crippen LogP contribution in [0.1, 0.15) is 13.8 Å². The number of aromatic nitrogens is 4. The molecule has 0 atom stereocenters. The zero-order valence-electron chi connectivity index (χ0n) is 10.4. The van der Waals surface area contributed by atoms with Gasteiger partial charge in [0.1, 0.15) is 0 Å². The average Bonchev–Trinajstić information content (AvgIpc) is 2.72. The van der Waals surface area contributed by atoms with Crippen LogP contribution in [0.5, 0.6) is 0 Å². The van der Waals surface area contributed by atoms with Crippen molar-refractivity contribution < 1.29 is 0 Å². The normalized spacial score (nSPS) is 11.6. The Morgan fingerprint density at radius 2 is 2.21 bits per heavy atom. The monoisotopic (exact) mass is 277 g/mol. The summed E-state index contributed by atoms with van der Waals surface area (Å²) in [7, 11) is 0. The number of anilines is 1. The van der Waals surface area contributed by atoms with E-state index in [0.717, 1.165) is 0 Å². The maximum atomic E-state index is 11.9. The Morgan fingerprint density at radius 1 is 1.42 bits per heavy atom. The molecule has 0 radical (unpaired) electrons. The maximum absolute atomic E-state index is 11.9. The van der Waals surface area contributed by atoms with Gasteiger partial charge in [-0.25, -0.2) is 19.3 Å². The van der Waals surface area contributed by atoms with Gasteiger partial charge in [0.2, 0.25) is 5.65 Å². The van der Waals surface area contributed by atoms with Crippen LogP contribution in [0.4, 0.5) is 5.82 Å². The van der Waals surface area contributed by atoms with Gasteiger partial charge in [0.15, 0.2) is 5.82 Å². The fourth-order valence-electron chi connectivity index (χ4n) is 1.99. The SMILES string of the molecule is CC(C)Nc1nc2ccc(Cl)cc2n2c(=O)[nH]nc12. The van der Waals surface area contributed by atoms with Gasteiger partial charge in [-0.15, -0.1) is 5.10 Å². The van der Waals surface area contributed by atoms with Gasteiger partial charge in [-0.05, 0) is 32.0 Å². The molecule has 0 saturated heterocycles. The standard InChI is InChI=1S/C12H12ClN5O/c1-6(2)14-10-11-16-17-12(19)18(11)9-5-7(13)3-4-8(9)15-10/h3-6H,1-2H3,(H,14,15)(H,17,19). The highest BCUT2D eigenvalue weighted by molar-refractivity contribution is 6.31. The van der Waals surface area contributed by atoms with E-state index in [9.17, 15) is 4.79 Å². The van der Waals surface area contributed by atoms with Gasteiger partial charge in [-0.1, -0.05) is 11.6 Å². The third-order valence-electron chi connectivity index (χ3n) is 2.72. The molecular weight excluding hydrogens is 266 g/mol. The molecule has 2 aromatic heterocycles. The fourth-order valence-corrected chi connectivity index (χ4v) is 2.16. The van der Waals surface area contributed by atoms with Gasteiger partial charge in [-0.2, -0.15) is 0 Å². The predicted molar refractivity (Wildman–Crippen MR) is 74.9 cm³/mol. The minimum Gasteiger partial charge on any atom is -0.365 e. The van der Waals surface area contributed by atoms with E-state index in [-0.39, 0.29) is 11.7 Å². The first-order valence-electron chi connectivity index (χ1n) is 5.89. The number of rotatable bonds is 2. The lowest BCUT2D eigenvalue weighted by molar-refractivity contribution is 0.889. The minimum absolute atomic E-state index is 0.188. The molecule has 0 aliphatic heterocycles. The topological polar surface area (TPSA) is 75.1 Å². The Labute approximate surface area is 113 Å². The largest absolute Gasteiger partial charge is 0.365 e. The zero-order valence-corrected chi connectivity index (χ0v) is 11.2. The van der Waals surface area contributed by atoms with Crippen LogP contribution < -0.4 is 11.0 Å². The summed E-state index contributed by atoms with van der Waals surface area (Å²) in [6.45, 7) is 3.99. The van der Waals surface area contributed by atoms with Crippen LogP contribution >= 0.6 is 11.6 Å².